The van der Waals surface area contributed by atoms with Gasteiger partial charge in [0.1, 0.15) is 10.8 Å². The third-order valence-corrected chi connectivity index (χ3v) is 4.26. The number of aryl methyl sites for hydroxylation is 1. The zero-order chi connectivity index (χ0) is 14.7. The second kappa shape index (κ2) is 6.24. The van der Waals surface area contributed by atoms with Crippen LogP contribution in [0.4, 0.5) is 0 Å². The van der Waals surface area contributed by atoms with Crippen molar-refractivity contribution in [2.45, 2.75) is 13.3 Å². The maximum Gasteiger partial charge on any atom is 0.124 e. The number of ether oxygens (including phenoxy) is 1. The molecule has 4 heteroatoms. The summed E-state index contributed by atoms with van der Waals surface area (Å²) in [4.78, 5) is 4.68. The van der Waals surface area contributed by atoms with Crippen molar-refractivity contribution in [3.63, 3.8) is 0 Å². The van der Waals surface area contributed by atoms with Gasteiger partial charge in [0.15, 0.2) is 0 Å². The molecular weight excluding hydrogens is 282 g/mol. The van der Waals surface area contributed by atoms with Gasteiger partial charge in [-0.25, -0.2) is 4.98 Å². The molecule has 0 amide bonds. The number of hydrogen-bond donors (Lipinski definition) is 1. The summed E-state index contributed by atoms with van der Waals surface area (Å²) in [5.74, 6) is 0.829. The highest BCUT2D eigenvalue weighted by Gasteiger charge is 2.07. The van der Waals surface area contributed by atoms with E-state index in [4.69, 9.17) is 9.84 Å². The van der Waals surface area contributed by atoms with Crippen LogP contribution >= 0.6 is 11.3 Å². The number of rotatable bonds is 5. The first-order valence-electron chi connectivity index (χ1n) is 6.97. The Morgan fingerprint density at radius 1 is 1.19 bits per heavy atom. The van der Waals surface area contributed by atoms with Gasteiger partial charge < -0.3 is 9.84 Å². The van der Waals surface area contributed by atoms with E-state index in [0.717, 1.165) is 26.5 Å². The number of aliphatic hydroxyl groups is 1. The van der Waals surface area contributed by atoms with E-state index in [1.54, 1.807) is 11.3 Å². The first-order chi connectivity index (χ1) is 10.3. The summed E-state index contributed by atoms with van der Waals surface area (Å²) in [6.45, 7) is 2.77. The number of aliphatic hydroxyl groups excluding tert-OH is 1. The number of thiazole rings is 1. The van der Waals surface area contributed by atoms with Gasteiger partial charge in [-0.05, 0) is 31.2 Å². The average Bonchev–Trinajstić information content (AvgIpc) is 2.91. The number of benzene rings is 2. The average molecular weight is 299 g/mol. The van der Waals surface area contributed by atoms with Crippen LogP contribution in [0.15, 0.2) is 42.5 Å². The van der Waals surface area contributed by atoms with Crippen LogP contribution in [0.1, 0.15) is 12.0 Å². The summed E-state index contributed by atoms with van der Waals surface area (Å²) in [6.07, 6.45) is 0.648. The van der Waals surface area contributed by atoms with Gasteiger partial charge in [-0.15, -0.1) is 11.3 Å². The van der Waals surface area contributed by atoms with Crippen LogP contribution < -0.4 is 4.74 Å². The minimum atomic E-state index is 0.153. The van der Waals surface area contributed by atoms with Crippen molar-refractivity contribution in [2.75, 3.05) is 13.2 Å². The maximum atomic E-state index is 8.78. The number of aromatic nitrogens is 1. The minimum absolute atomic E-state index is 0.153. The zero-order valence-electron chi connectivity index (χ0n) is 11.9. The number of fused-ring (bicyclic) bond motifs is 1. The molecule has 0 aliphatic heterocycles. The van der Waals surface area contributed by atoms with Gasteiger partial charge in [-0.1, -0.05) is 23.8 Å². The van der Waals surface area contributed by atoms with Crippen LogP contribution in [-0.4, -0.2) is 23.3 Å². The molecule has 3 aromatic rings. The quantitative estimate of drug-likeness (QED) is 0.723. The van der Waals surface area contributed by atoms with Crippen molar-refractivity contribution < 1.29 is 9.84 Å². The van der Waals surface area contributed by atoms with Crippen LogP contribution in [0.25, 0.3) is 20.8 Å². The number of nitrogens with zero attached hydrogens (tertiary/aromatic N) is 1. The van der Waals surface area contributed by atoms with Crippen LogP contribution in [-0.2, 0) is 0 Å². The minimum Gasteiger partial charge on any atom is -0.493 e. The van der Waals surface area contributed by atoms with Gasteiger partial charge in [-0.3, -0.25) is 0 Å². The van der Waals surface area contributed by atoms with E-state index < -0.39 is 0 Å². The van der Waals surface area contributed by atoms with Crippen molar-refractivity contribution >= 4 is 21.6 Å². The van der Waals surface area contributed by atoms with Gasteiger partial charge in [-0.2, -0.15) is 0 Å². The van der Waals surface area contributed by atoms with Gasteiger partial charge >= 0.3 is 0 Å². The molecule has 0 aliphatic rings. The van der Waals surface area contributed by atoms with Crippen LogP contribution in [0.5, 0.6) is 5.75 Å². The van der Waals surface area contributed by atoms with E-state index in [0.29, 0.717) is 13.0 Å². The normalized spacial score (nSPS) is 11.0. The fraction of sp³-hybridized carbons (Fsp3) is 0.235. The lowest BCUT2D eigenvalue weighted by Crippen LogP contribution is -1.99. The van der Waals surface area contributed by atoms with Crippen molar-refractivity contribution in [3.8, 4) is 16.3 Å². The molecule has 0 spiro atoms. The Balaban J connectivity index is 1.89. The molecular formula is C17H17NO2S. The summed E-state index contributed by atoms with van der Waals surface area (Å²) in [5.41, 5.74) is 3.38. The summed E-state index contributed by atoms with van der Waals surface area (Å²) in [6, 6.07) is 14.3. The molecule has 108 valence electrons. The highest BCUT2D eigenvalue weighted by Crippen LogP contribution is 2.32. The van der Waals surface area contributed by atoms with E-state index >= 15 is 0 Å². The molecule has 1 heterocycles. The Morgan fingerprint density at radius 3 is 2.90 bits per heavy atom. The van der Waals surface area contributed by atoms with Crippen molar-refractivity contribution in [1.82, 2.24) is 4.98 Å². The van der Waals surface area contributed by atoms with Crippen molar-refractivity contribution in [2.24, 2.45) is 0 Å². The van der Waals surface area contributed by atoms with Gasteiger partial charge in [0.2, 0.25) is 0 Å². The first kappa shape index (κ1) is 14.0. The van der Waals surface area contributed by atoms with Crippen LogP contribution in [0.2, 0.25) is 0 Å². The molecule has 0 saturated carbocycles. The summed E-state index contributed by atoms with van der Waals surface area (Å²) in [5, 5.41) is 9.81. The van der Waals surface area contributed by atoms with Gasteiger partial charge in [0.05, 0.1) is 16.8 Å². The molecule has 2 aromatic carbocycles. The Bertz CT molecular complexity index is 751. The van der Waals surface area contributed by atoms with Gasteiger partial charge in [0.25, 0.3) is 0 Å². The molecule has 1 N–H and O–H groups in total. The maximum absolute atomic E-state index is 8.78. The summed E-state index contributed by atoms with van der Waals surface area (Å²) in [7, 11) is 0. The Kier molecular flexibility index (Phi) is 4.18. The molecule has 0 aliphatic carbocycles. The van der Waals surface area contributed by atoms with Crippen LogP contribution in [0.3, 0.4) is 0 Å². The predicted molar refractivity (Wildman–Crippen MR) is 87.0 cm³/mol. The van der Waals surface area contributed by atoms with Crippen molar-refractivity contribution in [1.29, 1.82) is 0 Å². The third-order valence-electron chi connectivity index (χ3n) is 3.20. The molecule has 3 nitrogen and oxygen atoms in total. The fourth-order valence-electron chi connectivity index (χ4n) is 2.15. The smallest absolute Gasteiger partial charge is 0.124 e. The summed E-state index contributed by atoms with van der Waals surface area (Å²) >= 11 is 1.67. The van der Waals surface area contributed by atoms with E-state index in [-0.39, 0.29) is 6.61 Å². The molecule has 1 aromatic heterocycles. The van der Waals surface area contributed by atoms with E-state index in [2.05, 4.69) is 36.2 Å². The third kappa shape index (κ3) is 3.23. The lowest BCUT2D eigenvalue weighted by Gasteiger charge is -2.03. The zero-order valence-corrected chi connectivity index (χ0v) is 12.7. The van der Waals surface area contributed by atoms with Crippen LogP contribution in [0, 0.1) is 6.92 Å². The SMILES string of the molecule is Cc1cccc(-c2nc3ccc(OCCCO)cc3s2)c1. The van der Waals surface area contributed by atoms with Gasteiger partial charge in [0, 0.05) is 18.6 Å². The molecule has 0 saturated heterocycles. The van der Waals surface area contributed by atoms with E-state index in [9.17, 15) is 0 Å². The second-order valence-corrected chi connectivity index (χ2v) is 5.97. The molecule has 0 radical (unpaired) electrons. The molecule has 0 fully saturated rings. The molecule has 21 heavy (non-hydrogen) atoms. The molecule has 0 unspecified atom stereocenters. The Morgan fingerprint density at radius 2 is 2.10 bits per heavy atom. The largest absolute Gasteiger partial charge is 0.493 e. The predicted octanol–water partition coefficient (Wildman–Crippen LogP) is 4.03. The number of hydrogen-bond acceptors (Lipinski definition) is 4. The Hall–Kier alpha value is -1.91. The highest BCUT2D eigenvalue weighted by atomic mass is 32.1. The van der Waals surface area contributed by atoms with Crippen molar-refractivity contribution in [3.05, 3.63) is 48.0 Å². The topological polar surface area (TPSA) is 42.4 Å². The molecule has 0 bridgehead atoms. The lowest BCUT2D eigenvalue weighted by atomic mass is 10.1. The lowest BCUT2D eigenvalue weighted by molar-refractivity contribution is 0.234. The second-order valence-electron chi connectivity index (χ2n) is 4.94. The van der Waals surface area contributed by atoms with E-state index in [1.807, 2.05) is 18.2 Å². The Labute approximate surface area is 127 Å². The fourth-order valence-corrected chi connectivity index (χ4v) is 3.14. The van der Waals surface area contributed by atoms with E-state index in [1.165, 1.54) is 5.56 Å². The standard InChI is InChI=1S/C17H17NO2S/c1-12-4-2-5-13(10-12)17-18-15-7-6-14(11-16(15)21-17)20-9-3-8-19/h2,4-7,10-11,19H,3,8-9H2,1H3. The highest BCUT2D eigenvalue weighted by molar-refractivity contribution is 7.21. The molecule has 0 atom stereocenters. The summed E-state index contributed by atoms with van der Waals surface area (Å²) < 4.78 is 6.73. The molecule has 3 rings (SSSR count). The monoisotopic (exact) mass is 299 g/mol. The first-order valence-corrected chi connectivity index (χ1v) is 7.79.